The van der Waals surface area contributed by atoms with Crippen LogP contribution in [0.3, 0.4) is 0 Å². The van der Waals surface area contributed by atoms with Gasteiger partial charge in [-0.15, -0.1) is 0 Å². The van der Waals surface area contributed by atoms with Gasteiger partial charge < -0.3 is 15.0 Å². The molecule has 0 radical (unpaired) electrons. The fourth-order valence-electron chi connectivity index (χ4n) is 5.91. The number of hydrogen-bond donors (Lipinski definition) is 1. The highest BCUT2D eigenvalue weighted by molar-refractivity contribution is 5.91. The Hall–Kier alpha value is -2.49. The van der Waals surface area contributed by atoms with Crippen LogP contribution in [0.4, 0.5) is 10.5 Å². The third kappa shape index (κ3) is 6.31. The molecule has 4 rings (SSSR count). The van der Waals surface area contributed by atoms with Crippen molar-refractivity contribution in [1.29, 1.82) is 0 Å². The molecule has 1 N–H and O–H groups in total. The highest BCUT2D eigenvalue weighted by atomic mass is 16.5. The van der Waals surface area contributed by atoms with Gasteiger partial charge in [0.15, 0.2) is 0 Å². The minimum Gasteiger partial charge on any atom is -0.492 e. The van der Waals surface area contributed by atoms with E-state index in [2.05, 4.69) is 31.3 Å². The minimum absolute atomic E-state index is 0.00479. The van der Waals surface area contributed by atoms with Crippen molar-refractivity contribution in [3.05, 3.63) is 59.7 Å². The van der Waals surface area contributed by atoms with Gasteiger partial charge in [-0.3, -0.25) is 0 Å². The summed E-state index contributed by atoms with van der Waals surface area (Å²) in [5.74, 6) is 2.62. The normalized spacial score (nSPS) is 21.4. The molecule has 2 aliphatic carbocycles. The molecular formula is C29H40N2O2. The number of urea groups is 1. The molecule has 2 aromatic carbocycles. The lowest BCUT2D eigenvalue weighted by molar-refractivity contribution is 0.114. The summed E-state index contributed by atoms with van der Waals surface area (Å²) >= 11 is 0. The molecule has 2 fully saturated rings. The number of ether oxygens (including phenoxy) is 1. The van der Waals surface area contributed by atoms with E-state index in [1.807, 2.05) is 41.3 Å². The Morgan fingerprint density at radius 2 is 1.48 bits per heavy atom. The predicted octanol–water partition coefficient (Wildman–Crippen LogP) is 7.36. The lowest BCUT2D eigenvalue weighted by atomic mass is 9.72. The standard InChI is InChI=1S/C29H40N2O2/c1-22-10-9-11-23(2)28(22)30-29(32)31(20-21-33-27-14-7-4-8-15-27)26-18-16-25(17-19-26)24-12-5-3-6-13-24/h4,7-11,14-15,24-26H,3,5-6,12-13,16-21H2,1-2H3,(H,30,32). The molecule has 0 aliphatic heterocycles. The molecule has 0 aromatic heterocycles. The summed E-state index contributed by atoms with van der Waals surface area (Å²) in [6, 6.07) is 16.3. The molecule has 0 bridgehead atoms. The van der Waals surface area contributed by atoms with E-state index in [0.717, 1.165) is 47.2 Å². The van der Waals surface area contributed by atoms with Gasteiger partial charge in [0, 0.05) is 11.7 Å². The predicted molar refractivity (Wildman–Crippen MR) is 136 cm³/mol. The van der Waals surface area contributed by atoms with Crippen molar-refractivity contribution in [2.45, 2.75) is 77.7 Å². The van der Waals surface area contributed by atoms with Crippen LogP contribution in [0.25, 0.3) is 0 Å². The zero-order valence-electron chi connectivity index (χ0n) is 20.4. The number of carbonyl (C=O) groups is 1. The Bertz CT molecular complexity index is 863. The molecule has 4 heteroatoms. The number of para-hydroxylation sites is 2. The van der Waals surface area contributed by atoms with Gasteiger partial charge in [0.1, 0.15) is 12.4 Å². The summed E-state index contributed by atoms with van der Waals surface area (Å²) in [5, 5.41) is 3.23. The highest BCUT2D eigenvalue weighted by Crippen LogP contribution is 2.39. The van der Waals surface area contributed by atoms with Crippen molar-refractivity contribution >= 4 is 11.7 Å². The maximum Gasteiger partial charge on any atom is 0.322 e. The van der Waals surface area contributed by atoms with Crippen molar-refractivity contribution in [3.8, 4) is 5.75 Å². The van der Waals surface area contributed by atoms with Crippen LogP contribution in [-0.2, 0) is 0 Å². The molecule has 0 spiro atoms. The number of aryl methyl sites for hydroxylation is 2. The number of amides is 2. The van der Waals surface area contributed by atoms with Crippen LogP contribution in [0.2, 0.25) is 0 Å². The molecule has 2 saturated carbocycles. The largest absolute Gasteiger partial charge is 0.492 e. The summed E-state index contributed by atoms with van der Waals surface area (Å²) in [6.45, 7) is 5.22. The lowest BCUT2D eigenvalue weighted by Crippen LogP contribution is -2.47. The minimum atomic E-state index is 0.00479. The van der Waals surface area contributed by atoms with Crippen LogP contribution in [0.5, 0.6) is 5.75 Å². The first kappa shape index (κ1) is 23.7. The Morgan fingerprint density at radius 3 is 2.15 bits per heavy atom. The maximum absolute atomic E-state index is 13.5. The molecule has 33 heavy (non-hydrogen) atoms. The Morgan fingerprint density at radius 1 is 0.848 bits per heavy atom. The number of carbonyl (C=O) groups excluding carboxylic acids is 1. The first-order chi connectivity index (χ1) is 16.1. The highest BCUT2D eigenvalue weighted by Gasteiger charge is 2.32. The van der Waals surface area contributed by atoms with E-state index < -0.39 is 0 Å². The van der Waals surface area contributed by atoms with Crippen LogP contribution in [0.1, 0.15) is 68.9 Å². The molecular weight excluding hydrogens is 408 g/mol. The van der Waals surface area contributed by atoms with Crippen LogP contribution < -0.4 is 10.1 Å². The zero-order valence-corrected chi connectivity index (χ0v) is 20.4. The van der Waals surface area contributed by atoms with E-state index >= 15 is 0 Å². The summed E-state index contributed by atoms with van der Waals surface area (Å²) in [6.07, 6.45) is 11.8. The smallest absolute Gasteiger partial charge is 0.322 e. The van der Waals surface area contributed by atoms with Gasteiger partial charge in [0.05, 0.1) is 6.54 Å². The lowest BCUT2D eigenvalue weighted by Gasteiger charge is -2.40. The molecule has 0 heterocycles. The molecule has 2 aliphatic rings. The quantitative estimate of drug-likeness (QED) is 0.481. The van der Waals surface area contributed by atoms with Crippen LogP contribution in [0, 0.1) is 25.7 Å². The first-order valence-corrected chi connectivity index (χ1v) is 12.9. The van der Waals surface area contributed by atoms with Gasteiger partial charge >= 0.3 is 6.03 Å². The molecule has 0 saturated heterocycles. The second kappa shape index (κ2) is 11.6. The van der Waals surface area contributed by atoms with E-state index in [1.54, 1.807) is 0 Å². The number of benzene rings is 2. The third-order valence-electron chi connectivity index (χ3n) is 7.82. The van der Waals surface area contributed by atoms with Crippen molar-refractivity contribution < 1.29 is 9.53 Å². The van der Waals surface area contributed by atoms with E-state index in [9.17, 15) is 4.79 Å². The summed E-state index contributed by atoms with van der Waals surface area (Å²) in [4.78, 5) is 15.5. The Labute approximate surface area is 199 Å². The molecule has 0 unspecified atom stereocenters. The number of hydrogen-bond acceptors (Lipinski definition) is 2. The topological polar surface area (TPSA) is 41.6 Å². The van der Waals surface area contributed by atoms with Crippen molar-refractivity contribution in [1.82, 2.24) is 4.90 Å². The third-order valence-corrected chi connectivity index (χ3v) is 7.82. The molecule has 4 nitrogen and oxygen atoms in total. The second-order valence-corrected chi connectivity index (χ2v) is 10.0. The molecule has 178 valence electrons. The van der Waals surface area contributed by atoms with Crippen LogP contribution in [0.15, 0.2) is 48.5 Å². The van der Waals surface area contributed by atoms with Gasteiger partial charge in [0.25, 0.3) is 0 Å². The Kier molecular flexibility index (Phi) is 8.30. The molecule has 2 amide bonds. The first-order valence-electron chi connectivity index (χ1n) is 12.9. The molecule has 0 atom stereocenters. The van der Waals surface area contributed by atoms with Crippen LogP contribution in [-0.4, -0.2) is 30.1 Å². The molecule has 2 aromatic rings. The van der Waals surface area contributed by atoms with Crippen molar-refractivity contribution in [3.63, 3.8) is 0 Å². The monoisotopic (exact) mass is 448 g/mol. The van der Waals surface area contributed by atoms with Gasteiger partial charge in [-0.25, -0.2) is 4.79 Å². The fraction of sp³-hybridized carbons (Fsp3) is 0.552. The maximum atomic E-state index is 13.5. The average molecular weight is 449 g/mol. The average Bonchev–Trinajstić information content (AvgIpc) is 2.85. The van der Waals surface area contributed by atoms with E-state index in [4.69, 9.17) is 4.74 Å². The van der Waals surface area contributed by atoms with E-state index in [0.29, 0.717) is 13.2 Å². The number of nitrogens with one attached hydrogen (secondary N) is 1. The van der Waals surface area contributed by atoms with Crippen LogP contribution >= 0.6 is 0 Å². The number of anilines is 1. The number of nitrogens with zero attached hydrogens (tertiary/aromatic N) is 1. The number of rotatable bonds is 7. The van der Waals surface area contributed by atoms with Gasteiger partial charge in [-0.1, -0.05) is 68.5 Å². The Balaban J connectivity index is 1.41. The summed E-state index contributed by atoms with van der Waals surface area (Å²) < 4.78 is 5.97. The summed E-state index contributed by atoms with van der Waals surface area (Å²) in [5.41, 5.74) is 3.14. The SMILES string of the molecule is Cc1cccc(C)c1NC(=O)N(CCOc1ccccc1)C1CCC(C2CCCCC2)CC1. The fourth-order valence-corrected chi connectivity index (χ4v) is 5.91. The van der Waals surface area contributed by atoms with Crippen molar-refractivity contribution in [2.75, 3.05) is 18.5 Å². The second-order valence-electron chi connectivity index (χ2n) is 10.0. The summed E-state index contributed by atoms with van der Waals surface area (Å²) in [7, 11) is 0. The zero-order chi connectivity index (χ0) is 23.0. The van der Waals surface area contributed by atoms with Gasteiger partial charge in [0.2, 0.25) is 0 Å². The van der Waals surface area contributed by atoms with Crippen molar-refractivity contribution in [2.24, 2.45) is 11.8 Å². The van der Waals surface area contributed by atoms with Gasteiger partial charge in [-0.2, -0.15) is 0 Å². The van der Waals surface area contributed by atoms with E-state index in [1.165, 1.54) is 44.9 Å². The van der Waals surface area contributed by atoms with Gasteiger partial charge in [-0.05, 0) is 74.6 Å². The van der Waals surface area contributed by atoms with E-state index in [-0.39, 0.29) is 12.1 Å².